The van der Waals surface area contributed by atoms with Crippen LogP contribution in [0.1, 0.15) is 20.7 Å². The van der Waals surface area contributed by atoms with Crippen LogP contribution in [0, 0.1) is 6.92 Å². The monoisotopic (exact) mass is 368 g/mol. The first-order chi connectivity index (χ1) is 11.1. The molecule has 1 unspecified atom stereocenters. The minimum atomic E-state index is 0.314. The van der Waals surface area contributed by atoms with Gasteiger partial charge in [0.15, 0.2) is 5.96 Å². The number of hydrogen-bond donors (Lipinski definition) is 2. The molecule has 4 nitrogen and oxygen atoms in total. The summed E-state index contributed by atoms with van der Waals surface area (Å²) in [5, 5.41) is 8.80. The zero-order chi connectivity index (χ0) is 16.7. The summed E-state index contributed by atoms with van der Waals surface area (Å²) in [4.78, 5) is 9.82. The van der Waals surface area contributed by atoms with Gasteiger partial charge in [-0.2, -0.15) is 11.8 Å². The molecular weight excluding hydrogens is 348 g/mol. The molecule has 2 N–H and O–H groups in total. The molecule has 0 radical (unpaired) electrons. The van der Waals surface area contributed by atoms with E-state index in [1.807, 2.05) is 24.4 Å². The molecule has 0 aliphatic heterocycles. The lowest BCUT2D eigenvalue weighted by molar-refractivity contribution is 0.784. The SMILES string of the molecule is CN=C(NCc1ncc(C)s1)NCC(SC)c1cccc(Cl)c1. The Morgan fingerprint density at radius 3 is 2.87 bits per heavy atom. The number of thioether (sulfide) groups is 1. The van der Waals surface area contributed by atoms with E-state index in [2.05, 4.69) is 39.9 Å². The number of nitrogens with one attached hydrogen (secondary N) is 2. The molecule has 0 saturated heterocycles. The zero-order valence-electron chi connectivity index (χ0n) is 13.5. The van der Waals surface area contributed by atoms with Crippen LogP contribution >= 0.6 is 34.7 Å². The number of aliphatic imine (C=N–C) groups is 1. The first kappa shape index (κ1) is 18.1. The van der Waals surface area contributed by atoms with Crippen LogP contribution in [0.15, 0.2) is 35.5 Å². The Labute approximate surface area is 150 Å². The van der Waals surface area contributed by atoms with E-state index in [4.69, 9.17) is 11.6 Å². The number of benzene rings is 1. The van der Waals surface area contributed by atoms with Crippen molar-refractivity contribution < 1.29 is 0 Å². The second-order valence-corrected chi connectivity index (χ2v) is 7.75. The Morgan fingerprint density at radius 1 is 1.43 bits per heavy atom. The van der Waals surface area contributed by atoms with E-state index >= 15 is 0 Å². The number of aryl methyl sites for hydroxylation is 1. The van der Waals surface area contributed by atoms with Gasteiger partial charge in [0.05, 0.1) is 6.54 Å². The van der Waals surface area contributed by atoms with Gasteiger partial charge in [-0.1, -0.05) is 23.7 Å². The van der Waals surface area contributed by atoms with Gasteiger partial charge >= 0.3 is 0 Å². The summed E-state index contributed by atoms with van der Waals surface area (Å²) in [6.07, 6.45) is 3.99. The highest BCUT2D eigenvalue weighted by molar-refractivity contribution is 7.98. The Kier molecular flexibility index (Phi) is 7.20. The molecule has 1 atom stereocenters. The fraction of sp³-hybridized carbons (Fsp3) is 0.375. The van der Waals surface area contributed by atoms with Crippen molar-refractivity contribution in [1.29, 1.82) is 0 Å². The number of guanidine groups is 1. The van der Waals surface area contributed by atoms with Gasteiger partial charge in [-0.25, -0.2) is 4.98 Å². The summed E-state index contributed by atoms with van der Waals surface area (Å²) in [6, 6.07) is 7.99. The van der Waals surface area contributed by atoms with Crippen LogP contribution in [0.4, 0.5) is 0 Å². The number of nitrogens with zero attached hydrogens (tertiary/aromatic N) is 2. The normalized spacial score (nSPS) is 13.0. The molecule has 0 aliphatic carbocycles. The van der Waals surface area contributed by atoms with E-state index in [-0.39, 0.29) is 0 Å². The van der Waals surface area contributed by atoms with Crippen LogP contribution in [-0.2, 0) is 6.54 Å². The van der Waals surface area contributed by atoms with Gasteiger partial charge < -0.3 is 10.6 Å². The van der Waals surface area contributed by atoms with Crippen LogP contribution in [0.3, 0.4) is 0 Å². The third-order valence-electron chi connectivity index (χ3n) is 3.26. The largest absolute Gasteiger partial charge is 0.355 e. The van der Waals surface area contributed by atoms with Gasteiger partial charge in [-0.15, -0.1) is 11.3 Å². The molecule has 1 aromatic heterocycles. The third kappa shape index (κ3) is 5.71. The highest BCUT2D eigenvalue weighted by Gasteiger charge is 2.11. The molecule has 2 rings (SSSR count). The number of thiazole rings is 1. The molecule has 2 aromatic rings. The van der Waals surface area contributed by atoms with E-state index in [0.717, 1.165) is 22.5 Å². The van der Waals surface area contributed by atoms with Crippen molar-refractivity contribution in [2.75, 3.05) is 19.8 Å². The minimum absolute atomic E-state index is 0.314. The van der Waals surface area contributed by atoms with Crippen molar-refractivity contribution in [3.05, 3.63) is 50.9 Å². The van der Waals surface area contributed by atoms with Gasteiger partial charge in [0.2, 0.25) is 0 Å². The molecule has 0 fully saturated rings. The van der Waals surface area contributed by atoms with Crippen LogP contribution in [0.5, 0.6) is 0 Å². The van der Waals surface area contributed by atoms with Gasteiger partial charge in [0, 0.05) is 34.9 Å². The molecule has 124 valence electrons. The lowest BCUT2D eigenvalue weighted by atomic mass is 10.1. The Balaban J connectivity index is 1.88. The van der Waals surface area contributed by atoms with Gasteiger partial charge in [-0.3, -0.25) is 4.99 Å². The summed E-state index contributed by atoms with van der Waals surface area (Å²) >= 11 is 9.56. The lowest BCUT2D eigenvalue weighted by Gasteiger charge is -2.18. The second-order valence-electron chi connectivity index (χ2n) is 4.95. The maximum Gasteiger partial charge on any atom is 0.191 e. The average molecular weight is 369 g/mol. The predicted octanol–water partition coefficient (Wildman–Crippen LogP) is 3.87. The van der Waals surface area contributed by atoms with E-state index in [1.165, 1.54) is 10.4 Å². The second kappa shape index (κ2) is 9.15. The maximum atomic E-state index is 6.08. The molecule has 1 aromatic carbocycles. The molecule has 7 heteroatoms. The Hall–Kier alpha value is -1.24. The van der Waals surface area contributed by atoms with E-state index in [0.29, 0.717) is 11.8 Å². The van der Waals surface area contributed by atoms with Crippen molar-refractivity contribution in [3.8, 4) is 0 Å². The summed E-state index contributed by atoms with van der Waals surface area (Å²) in [6.45, 7) is 3.51. The molecule has 0 aliphatic rings. The highest BCUT2D eigenvalue weighted by atomic mass is 35.5. The van der Waals surface area contributed by atoms with Gasteiger partial charge in [0.1, 0.15) is 5.01 Å². The van der Waals surface area contributed by atoms with Crippen molar-refractivity contribution in [3.63, 3.8) is 0 Å². The van der Waals surface area contributed by atoms with E-state index < -0.39 is 0 Å². The molecule has 0 spiro atoms. The molecule has 0 saturated carbocycles. The van der Waals surface area contributed by atoms with Crippen molar-refractivity contribution in [2.45, 2.75) is 18.7 Å². The number of hydrogen-bond acceptors (Lipinski definition) is 4. The van der Waals surface area contributed by atoms with Crippen molar-refractivity contribution in [2.24, 2.45) is 4.99 Å². The molecular formula is C16H21ClN4S2. The van der Waals surface area contributed by atoms with Gasteiger partial charge in [0.25, 0.3) is 0 Å². The minimum Gasteiger partial charge on any atom is -0.355 e. The van der Waals surface area contributed by atoms with Crippen molar-refractivity contribution >= 4 is 40.7 Å². The van der Waals surface area contributed by atoms with Crippen LogP contribution in [0.25, 0.3) is 0 Å². The number of rotatable bonds is 6. The fourth-order valence-corrected chi connectivity index (χ4v) is 3.69. The molecule has 0 bridgehead atoms. The lowest BCUT2D eigenvalue weighted by Crippen LogP contribution is -2.38. The van der Waals surface area contributed by atoms with E-state index in [9.17, 15) is 0 Å². The maximum absolute atomic E-state index is 6.08. The summed E-state index contributed by atoms with van der Waals surface area (Å²) in [7, 11) is 1.77. The number of aromatic nitrogens is 1. The smallest absolute Gasteiger partial charge is 0.191 e. The molecule has 0 amide bonds. The summed E-state index contributed by atoms with van der Waals surface area (Å²) in [5.41, 5.74) is 1.21. The Morgan fingerprint density at radius 2 is 2.26 bits per heavy atom. The summed E-state index contributed by atoms with van der Waals surface area (Å²) < 4.78 is 0. The third-order valence-corrected chi connectivity index (χ3v) is 5.42. The predicted molar refractivity (Wildman–Crippen MR) is 103 cm³/mol. The topological polar surface area (TPSA) is 49.3 Å². The van der Waals surface area contributed by atoms with Crippen LogP contribution in [0.2, 0.25) is 5.02 Å². The van der Waals surface area contributed by atoms with Crippen LogP contribution < -0.4 is 10.6 Å². The quantitative estimate of drug-likeness (QED) is 0.600. The van der Waals surface area contributed by atoms with E-state index in [1.54, 1.807) is 30.1 Å². The zero-order valence-corrected chi connectivity index (χ0v) is 15.9. The first-order valence-corrected chi connectivity index (χ1v) is 9.74. The van der Waals surface area contributed by atoms with Gasteiger partial charge in [-0.05, 0) is 30.9 Å². The standard InChI is InChI=1S/C16H21ClN4S2/c1-11-8-19-15(23-11)10-21-16(18-2)20-9-14(22-3)12-5-4-6-13(17)7-12/h4-8,14H,9-10H2,1-3H3,(H2,18,20,21). The van der Waals surface area contributed by atoms with Crippen LogP contribution in [-0.4, -0.2) is 30.8 Å². The van der Waals surface area contributed by atoms with Crippen molar-refractivity contribution in [1.82, 2.24) is 15.6 Å². The summed E-state index contributed by atoms with van der Waals surface area (Å²) in [5.74, 6) is 0.777. The average Bonchev–Trinajstić information content (AvgIpc) is 2.96. The molecule has 23 heavy (non-hydrogen) atoms. The number of halogens is 1. The Bertz CT molecular complexity index is 657. The highest BCUT2D eigenvalue weighted by Crippen LogP contribution is 2.27. The first-order valence-electron chi connectivity index (χ1n) is 7.26. The fourth-order valence-electron chi connectivity index (χ4n) is 2.10. The molecule has 1 heterocycles.